The molecule has 3 amide bonds. The summed E-state index contributed by atoms with van der Waals surface area (Å²) in [5.74, 6) is -1.73. The molecular formula is C11H17N3O4. The van der Waals surface area contributed by atoms with Crippen molar-refractivity contribution >= 4 is 17.9 Å². The number of nitrogens with two attached hydrogens (primary N) is 1. The van der Waals surface area contributed by atoms with E-state index in [1.54, 1.807) is 11.8 Å². The Morgan fingerprint density at radius 2 is 1.89 bits per heavy atom. The number of hydrogen-bond acceptors (Lipinski definition) is 3. The van der Waals surface area contributed by atoms with E-state index >= 15 is 0 Å². The number of amides is 3. The lowest BCUT2D eigenvalue weighted by Gasteiger charge is -2.39. The summed E-state index contributed by atoms with van der Waals surface area (Å²) in [4.78, 5) is 37.0. The lowest BCUT2D eigenvalue weighted by molar-refractivity contribution is -0.146. The highest BCUT2D eigenvalue weighted by Gasteiger charge is 2.44. The summed E-state index contributed by atoms with van der Waals surface area (Å²) in [6.45, 7) is 3.05. The molecular weight excluding hydrogens is 238 g/mol. The predicted molar refractivity (Wildman–Crippen MR) is 61.6 cm³/mol. The number of carboxylic acid groups (broad SMARTS) is 1. The Morgan fingerprint density at radius 1 is 1.28 bits per heavy atom. The van der Waals surface area contributed by atoms with Gasteiger partial charge >= 0.3 is 12.0 Å². The van der Waals surface area contributed by atoms with Crippen molar-refractivity contribution in [1.82, 2.24) is 9.80 Å². The van der Waals surface area contributed by atoms with E-state index in [4.69, 9.17) is 10.8 Å². The van der Waals surface area contributed by atoms with Crippen LogP contribution in [0.2, 0.25) is 0 Å². The molecule has 2 saturated heterocycles. The van der Waals surface area contributed by atoms with Gasteiger partial charge in [-0.05, 0) is 13.3 Å². The summed E-state index contributed by atoms with van der Waals surface area (Å²) < 4.78 is 0. The molecule has 0 aromatic heterocycles. The van der Waals surface area contributed by atoms with Crippen molar-refractivity contribution in [2.45, 2.75) is 13.3 Å². The minimum Gasteiger partial charge on any atom is -0.481 e. The molecule has 1 unspecified atom stereocenters. The van der Waals surface area contributed by atoms with Crippen LogP contribution in [0.4, 0.5) is 4.79 Å². The zero-order chi connectivity index (χ0) is 13.5. The van der Waals surface area contributed by atoms with Crippen molar-refractivity contribution in [3.63, 3.8) is 0 Å². The fraction of sp³-hybridized carbons (Fsp3) is 0.727. The molecule has 0 bridgehead atoms. The Kier molecular flexibility index (Phi) is 2.92. The van der Waals surface area contributed by atoms with Gasteiger partial charge in [-0.1, -0.05) is 0 Å². The molecule has 2 aliphatic rings. The molecule has 0 radical (unpaired) electrons. The van der Waals surface area contributed by atoms with Gasteiger partial charge in [0.05, 0.1) is 11.3 Å². The Labute approximate surface area is 105 Å². The molecule has 0 aromatic carbocycles. The van der Waals surface area contributed by atoms with Gasteiger partial charge in [-0.15, -0.1) is 0 Å². The Morgan fingerprint density at radius 3 is 2.33 bits per heavy atom. The number of urea groups is 1. The van der Waals surface area contributed by atoms with Crippen LogP contribution in [0.15, 0.2) is 0 Å². The van der Waals surface area contributed by atoms with E-state index in [9.17, 15) is 14.4 Å². The number of carboxylic acids is 1. The molecule has 7 nitrogen and oxygen atoms in total. The van der Waals surface area contributed by atoms with E-state index in [2.05, 4.69) is 0 Å². The van der Waals surface area contributed by atoms with Crippen molar-refractivity contribution in [2.24, 2.45) is 17.1 Å². The maximum Gasteiger partial charge on any atom is 0.320 e. The van der Waals surface area contributed by atoms with Crippen LogP contribution in [0.5, 0.6) is 0 Å². The van der Waals surface area contributed by atoms with Gasteiger partial charge < -0.3 is 20.6 Å². The van der Waals surface area contributed by atoms with Crippen molar-refractivity contribution < 1.29 is 19.5 Å². The third kappa shape index (κ3) is 2.00. The summed E-state index contributed by atoms with van der Waals surface area (Å²) in [6.07, 6.45) is 0.560. The average molecular weight is 255 g/mol. The van der Waals surface area contributed by atoms with Gasteiger partial charge in [0.15, 0.2) is 0 Å². The second-order valence-electron chi connectivity index (χ2n) is 5.32. The number of carbonyl (C=O) groups is 3. The van der Waals surface area contributed by atoms with Gasteiger partial charge in [0, 0.05) is 26.2 Å². The van der Waals surface area contributed by atoms with Crippen LogP contribution < -0.4 is 5.73 Å². The topological polar surface area (TPSA) is 104 Å². The van der Waals surface area contributed by atoms with E-state index in [1.807, 2.05) is 0 Å². The first-order chi connectivity index (χ1) is 8.33. The Bertz CT molecular complexity index is 405. The number of hydrogen-bond donors (Lipinski definition) is 2. The SMILES string of the molecule is CC1(C(N)=O)CCN(C(=O)N2CC(C(=O)O)C2)C1. The van der Waals surface area contributed by atoms with Gasteiger partial charge in [0.2, 0.25) is 5.91 Å². The van der Waals surface area contributed by atoms with Gasteiger partial charge in [-0.25, -0.2) is 4.79 Å². The van der Waals surface area contributed by atoms with Gasteiger partial charge in [0.1, 0.15) is 0 Å². The highest BCUT2D eigenvalue weighted by molar-refractivity contribution is 5.84. The maximum absolute atomic E-state index is 12.0. The van der Waals surface area contributed by atoms with E-state index in [-0.39, 0.29) is 19.1 Å². The van der Waals surface area contributed by atoms with Crippen LogP contribution in [0.1, 0.15) is 13.3 Å². The first kappa shape index (κ1) is 12.7. The van der Waals surface area contributed by atoms with Crippen molar-refractivity contribution in [3.05, 3.63) is 0 Å². The van der Waals surface area contributed by atoms with Crippen LogP contribution in [0.3, 0.4) is 0 Å². The van der Waals surface area contributed by atoms with Gasteiger partial charge in [-0.3, -0.25) is 9.59 Å². The first-order valence-corrected chi connectivity index (χ1v) is 5.90. The number of carbonyl (C=O) groups excluding carboxylic acids is 2. The van der Waals surface area contributed by atoms with E-state index < -0.39 is 23.2 Å². The van der Waals surface area contributed by atoms with Crippen molar-refractivity contribution in [1.29, 1.82) is 0 Å². The molecule has 18 heavy (non-hydrogen) atoms. The predicted octanol–water partition coefficient (Wildman–Crippen LogP) is -0.680. The molecule has 2 rings (SSSR count). The monoisotopic (exact) mass is 255 g/mol. The number of rotatable bonds is 2. The highest BCUT2D eigenvalue weighted by Crippen LogP contribution is 2.31. The second-order valence-corrected chi connectivity index (χ2v) is 5.32. The van der Waals surface area contributed by atoms with Crippen molar-refractivity contribution in [3.8, 4) is 0 Å². The quantitative estimate of drug-likeness (QED) is 0.682. The van der Waals surface area contributed by atoms with Crippen LogP contribution in [0, 0.1) is 11.3 Å². The Hall–Kier alpha value is -1.79. The van der Waals surface area contributed by atoms with Crippen molar-refractivity contribution in [2.75, 3.05) is 26.2 Å². The second kappa shape index (κ2) is 4.15. The van der Waals surface area contributed by atoms with E-state index in [0.717, 1.165) is 0 Å². The zero-order valence-corrected chi connectivity index (χ0v) is 10.3. The minimum atomic E-state index is -0.873. The molecule has 1 atom stereocenters. The molecule has 0 aromatic rings. The fourth-order valence-electron chi connectivity index (χ4n) is 2.32. The summed E-state index contributed by atoms with van der Waals surface area (Å²) in [5.41, 5.74) is 4.65. The smallest absolute Gasteiger partial charge is 0.320 e. The molecule has 2 heterocycles. The molecule has 2 aliphatic heterocycles. The van der Waals surface area contributed by atoms with E-state index in [1.165, 1.54) is 4.90 Å². The van der Waals surface area contributed by atoms with Crippen LogP contribution in [-0.4, -0.2) is 59.0 Å². The fourth-order valence-corrected chi connectivity index (χ4v) is 2.32. The largest absolute Gasteiger partial charge is 0.481 e. The standard InChI is InChI=1S/C11H17N3O4/c1-11(9(12)17)2-3-13(6-11)10(18)14-4-7(5-14)8(15)16/h7H,2-6H2,1H3,(H2,12,17)(H,15,16). The highest BCUT2D eigenvalue weighted by atomic mass is 16.4. The normalized spacial score (nSPS) is 28.1. The molecule has 3 N–H and O–H groups in total. The number of likely N-dealkylation sites (tertiary alicyclic amines) is 2. The molecule has 0 spiro atoms. The lowest BCUT2D eigenvalue weighted by Crippen LogP contribution is -2.57. The average Bonchev–Trinajstić information content (AvgIpc) is 2.59. The minimum absolute atomic E-state index is 0.197. The maximum atomic E-state index is 12.0. The summed E-state index contributed by atoms with van der Waals surface area (Å²) >= 11 is 0. The number of primary amides is 1. The summed E-state index contributed by atoms with van der Waals surface area (Å²) in [5, 5.41) is 8.74. The van der Waals surface area contributed by atoms with E-state index in [0.29, 0.717) is 19.5 Å². The summed E-state index contributed by atoms with van der Waals surface area (Å²) in [7, 11) is 0. The Balaban J connectivity index is 1.90. The molecule has 100 valence electrons. The van der Waals surface area contributed by atoms with Gasteiger partial charge in [0.25, 0.3) is 0 Å². The van der Waals surface area contributed by atoms with Crippen LogP contribution in [-0.2, 0) is 9.59 Å². The third-order valence-corrected chi connectivity index (χ3v) is 3.84. The molecule has 7 heteroatoms. The van der Waals surface area contributed by atoms with Crippen LogP contribution >= 0.6 is 0 Å². The number of nitrogens with zero attached hydrogens (tertiary/aromatic N) is 2. The number of aliphatic carboxylic acids is 1. The zero-order valence-electron chi connectivity index (χ0n) is 10.3. The third-order valence-electron chi connectivity index (χ3n) is 3.84. The molecule has 0 aliphatic carbocycles. The van der Waals surface area contributed by atoms with Crippen LogP contribution in [0.25, 0.3) is 0 Å². The first-order valence-electron chi connectivity index (χ1n) is 5.90. The molecule has 0 saturated carbocycles. The lowest BCUT2D eigenvalue weighted by atomic mass is 9.89. The molecule has 2 fully saturated rings. The summed E-state index contributed by atoms with van der Waals surface area (Å²) in [6, 6.07) is -0.197. The van der Waals surface area contributed by atoms with Gasteiger partial charge in [-0.2, -0.15) is 0 Å².